The van der Waals surface area contributed by atoms with Crippen molar-refractivity contribution >= 4 is 28.6 Å². The topological polar surface area (TPSA) is 51.0 Å². The number of carbonyl (C=O) groups excluding carboxylic acids is 1. The Morgan fingerprint density at radius 1 is 1.14 bits per heavy atom. The van der Waals surface area contributed by atoms with Crippen molar-refractivity contribution in [2.45, 2.75) is 19.4 Å². The summed E-state index contributed by atoms with van der Waals surface area (Å²) in [6, 6.07) is 12.1. The lowest BCUT2D eigenvalue weighted by Gasteiger charge is -2.34. The molecule has 0 radical (unpaired) electrons. The van der Waals surface area contributed by atoms with Crippen LogP contribution in [-0.2, 0) is 6.42 Å². The number of hydrogen-bond acceptors (Lipinski definition) is 5. The Balaban J connectivity index is 1.52. The average Bonchev–Trinajstić information content (AvgIpc) is 3.48. The maximum atomic E-state index is 13.4. The van der Waals surface area contributed by atoms with Crippen molar-refractivity contribution in [1.82, 2.24) is 19.7 Å². The van der Waals surface area contributed by atoms with Gasteiger partial charge in [0.15, 0.2) is 0 Å². The Bertz CT molecular complexity index is 1160. The molecule has 1 aromatic carbocycles. The van der Waals surface area contributed by atoms with Gasteiger partial charge in [0.2, 0.25) is 5.82 Å². The number of benzene rings is 1. The fraction of sp³-hybridized carbons (Fsp3) is 0.190. The Morgan fingerprint density at radius 2 is 1.97 bits per heavy atom. The van der Waals surface area contributed by atoms with Gasteiger partial charge >= 0.3 is 0 Å². The Kier molecular flexibility index (Phi) is 4.52. The van der Waals surface area contributed by atoms with Gasteiger partial charge in [0, 0.05) is 16.3 Å². The smallest absolute Gasteiger partial charge is 0.294 e. The molecule has 1 amide bonds. The molecule has 0 unspecified atom stereocenters. The Hall–Kier alpha value is -2.84. The highest BCUT2D eigenvalue weighted by molar-refractivity contribution is 7.10. The van der Waals surface area contributed by atoms with Crippen LogP contribution in [0.1, 0.15) is 37.8 Å². The monoisotopic (exact) mass is 424 g/mol. The molecule has 0 aliphatic carbocycles. The van der Waals surface area contributed by atoms with E-state index in [1.807, 2.05) is 16.3 Å². The number of amides is 1. The van der Waals surface area contributed by atoms with E-state index in [4.69, 9.17) is 0 Å². The number of hydrogen-bond donors (Lipinski definition) is 0. The van der Waals surface area contributed by atoms with Crippen molar-refractivity contribution < 1.29 is 9.18 Å². The summed E-state index contributed by atoms with van der Waals surface area (Å²) in [5.41, 5.74) is 1.86. The van der Waals surface area contributed by atoms with Gasteiger partial charge in [0.1, 0.15) is 11.6 Å². The van der Waals surface area contributed by atoms with E-state index >= 15 is 0 Å². The number of rotatable bonds is 3. The SMILES string of the molecule is Cc1nc(C(=O)N2CCc3sccc3[C@@H]2c2cccs2)nn1-c1ccc(F)cc1. The minimum atomic E-state index is -0.318. The summed E-state index contributed by atoms with van der Waals surface area (Å²) < 4.78 is 14.8. The van der Waals surface area contributed by atoms with Gasteiger partial charge < -0.3 is 4.90 Å². The predicted molar refractivity (Wildman–Crippen MR) is 111 cm³/mol. The molecule has 8 heteroatoms. The molecule has 5 nitrogen and oxygen atoms in total. The lowest BCUT2D eigenvalue weighted by Crippen LogP contribution is -2.40. The highest BCUT2D eigenvalue weighted by atomic mass is 32.1. The highest BCUT2D eigenvalue weighted by Gasteiger charge is 2.35. The van der Waals surface area contributed by atoms with E-state index in [1.165, 1.54) is 22.6 Å². The maximum Gasteiger partial charge on any atom is 0.294 e. The molecule has 3 aromatic heterocycles. The van der Waals surface area contributed by atoms with Crippen molar-refractivity contribution in [3.8, 4) is 5.69 Å². The number of fused-ring (bicyclic) bond motifs is 1. The number of nitrogens with zero attached hydrogens (tertiary/aromatic N) is 4. The molecule has 0 saturated heterocycles. The van der Waals surface area contributed by atoms with E-state index in [2.05, 4.69) is 27.6 Å². The zero-order valence-corrected chi connectivity index (χ0v) is 17.2. The van der Waals surface area contributed by atoms with Gasteiger partial charge in [-0.2, -0.15) is 0 Å². The molecular weight excluding hydrogens is 407 g/mol. The van der Waals surface area contributed by atoms with Crippen molar-refractivity contribution in [3.05, 3.63) is 86.0 Å². The van der Waals surface area contributed by atoms with Crippen molar-refractivity contribution in [2.75, 3.05) is 6.54 Å². The first-order valence-corrected chi connectivity index (χ1v) is 11.0. The second kappa shape index (κ2) is 7.20. The Labute approximate surface area is 175 Å². The van der Waals surface area contributed by atoms with Crippen molar-refractivity contribution in [1.29, 1.82) is 0 Å². The summed E-state index contributed by atoms with van der Waals surface area (Å²) >= 11 is 3.39. The first-order chi connectivity index (χ1) is 14.1. The van der Waals surface area contributed by atoms with Gasteiger partial charge in [0.25, 0.3) is 5.91 Å². The second-order valence-corrected chi connectivity index (χ2v) is 8.82. The lowest BCUT2D eigenvalue weighted by molar-refractivity contribution is 0.0686. The molecule has 0 N–H and O–H groups in total. The van der Waals surface area contributed by atoms with Gasteiger partial charge in [-0.15, -0.1) is 27.8 Å². The molecule has 146 valence electrons. The van der Waals surface area contributed by atoms with Crippen LogP contribution in [0, 0.1) is 12.7 Å². The van der Waals surface area contributed by atoms with Crippen LogP contribution in [0.2, 0.25) is 0 Å². The van der Waals surface area contributed by atoms with Crippen LogP contribution in [-0.4, -0.2) is 32.1 Å². The zero-order chi connectivity index (χ0) is 20.0. The van der Waals surface area contributed by atoms with Crippen LogP contribution in [0.15, 0.2) is 53.2 Å². The third-order valence-corrected chi connectivity index (χ3v) is 6.99. The van der Waals surface area contributed by atoms with Gasteiger partial charge in [-0.3, -0.25) is 4.79 Å². The molecule has 5 rings (SSSR count). The highest BCUT2D eigenvalue weighted by Crippen LogP contribution is 2.39. The number of thiophene rings is 2. The van der Waals surface area contributed by atoms with E-state index in [0.717, 1.165) is 11.3 Å². The van der Waals surface area contributed by atoms with Crippen LogP contribution >= 0.6 is 22.7 Å². The van der Waals surface area contributed by atoms with Gasteiger partial charge in [-0.25, -0.2) is 14.1 Å². The summed E-state index contributed by atoms with van der Waals surface area (Å²) in [6.45, 7) is 2.41. The molecule has 4 aromatic rings. The van der Waals surface area contributed by atoms with E-state index in [-0.39, 0.29) is 23.6 Å². The van der Waals surface area contributed by atoms with Crippen LogP contribution in [0.25, 0.3) is 5.69 Å². The summed E-state index contributed by atoms with van der Waals surface area (Å²) in [5, 5.41) is 8.56. The fourth-order valence-electron chi connectivity index (χ4n) is 3.72. The standard InChI is InChI=1S/C21H17FN4OS2/c1-13-23-20(24-26(13)15-6-4-14(22)5-7-15)21(27)25-10-8-17-16(9-12-29-17)19(25)18-3-2-11-28-18/h2-7,9,11-12,19H,8,10H2,1H3/t19-/m1/s1. The normalized spacial score (nSPS) is 16.1. The molecule has 1 atom stereocenters. The van der Waals surface area contributed by atoms with Gasteiger partial charge in [-0.1, -0.05) is 6.07 Å². The third-order valence-electron chi connectivity index (χ3n) is 5.07. The first kappa shape index (κ1) is 18.2. The number of halogens is 1. The minimum Gasteiger partial charge on any atom is -0.323 e. The number of aryl methyl sites for hydroxylation is 1. The second-order valence-electron chi connectivity index (χ2n) is 6.84. The quantitative estimate of drug-likeness (QED) is 0.482. The van der Waals surface area contributed by atoms with Crippen LogP contribution < -0.4 is 0 Å². The molecule has 0 bridgehead atoms. The molecule has 1 aliphatic rings. The minimum absolute atomic E-state index is 0.115. The molecular formula is C21H17FN4OS2. The summed E-state index contributed by atoms with van der Waals surface area (Å²) in [6.07, 6.45) is 0.832. The number of aromatic nitrogens is 3. The summed E-state index contributed by atoms with van der Waals surface area (Å²) in [4.78, 5) is 22.2. The molecule has 0 spiro atoms. The first-order valence-electron chi connectivity index (χ1n) is 9.22. The maximum absolute atomic E-state index is 13.4. The predicted octanol–water partition coefficient (Wildman–Crippen LogP) is 4.63. The molecule has 4 heterocycles. The molecule has 29 heavy (non-hydrogen) atoms. The number of carbonyl (C=O) groups is 1. The lowest BCUT2D eigenvalue weighted by atomic mass is 9.98. The van der Waals surface area contributed by atoms with Gasteiger partial charge in [0.05, 0.1) is 11.7 Å². The van der Waals surface area contributed by atoms with Gasteiger partial charge in [-0.05, 0) is 66.1 Å². The average molecular weight is 425 g/mol. The molecule has 0 saturated carbocycles. The molecule has 0 fully saturated rings. The van der Waals surface area contributed by atoms with Crippen molar-refractivity contribution in [2.24, 2.45) is 0 Å². The summed E-state index contributed by atoms with van der Waals surface area (Å²) in [5.74, 6) is 0.235. The van der Waals surface area contributed by atoms with Crippen LogP contribution in [0.4, 0.5) is 4.39 Å². The Morgan fingerprint density at radius 3 is 2.72 bits per heavy atom. The third kappa shape index (κ3) is 3.18. The van der Waals surface area contributed by atoms with E-state index < -0.39 is 0 Å². The zero-order valence-electron chi connectivity index (χ0n) is 15.6. The van der Waals surface area contributed by atoms with E-state index in [1.54, 1.807) is 46.4 Å². The summed E-state index contributed by atoms with van der Waals surface area (Å²) in [7, 11) is 0. The fourth-order valence-corrected chi connectivity index (χ4v) is 5.48. The van der Waals surface area contributed by atoms with Crippen molar-refractivity contribution in [3.63, 3.8) is 0 Å². The van der Waals surface area contributed by atoms with Crippen LogP contribution in [0.5, 0.6) is 0 Å². The largest absolute Gasteiger partial charge is 0.323 e. The van der Waals surface area contributed by atoms with Crippen LogP contribution in [0.3, 0.4) is 0 Å². The molecule has 1 aliphatic heterocycles. The van der Waals surface area contributed by atoms with E-state index in [9.17, 15) is 9.18 Å². The van der Waals surface area contributed by atoms with E-state index in [0.29, 0.717) is 18.1 Å².